The second kappa shape index (κ2) is 6.51. The zero-order chi connectivity index (χ0) is 15.5. The number of aromatic nitrogens is 1. The van der Waals surface area contributed by atoms with Crippen LogP contribution >= 0.6 is 0 Å². The Balaban J connectivity index is 1.86. The van der Waals surface area contributed by atoms with Crippen LogP contribution < -0.4 is 5.73 Å². The van der Waals surface area contributed by atoms with E-state index < -0.39 is 5.60 Å². The fourth-order valence-electron chi connectivity index (χ4n) is 2.63. The number of nitrogens with one attached hydrogen (secondary N) is 1. The van der Waals surface area contributed by atoms with Gasteiger partial charge in [0.15, 0.2) is 0 Å². The van der Waals surface area contributed by atoms with Crippen LogP contribution in [0, 0.1) is 5.41 Å². The molecule has 1 fully saturated rings. The Hall–Kier alpha value is -1.50. The van der Waals surface area contributed by atoms with E-state index in [9.17, 15) is 5.11 Å². The summed E-state index contributed by atoms with van der Waals surface area (Å²) in [5.41, 5.74) is 6.50. The molecule has 21 heavy (non-hydrogen) atoms. The first-order valence-corrected chi connectivity index (χ1v) is 7.30. The van der Waals surface area contributed by atoms with E-state index in [0.717, 1.165) is 38.3 Å². The van der Waals surface area contributed by atoms with Crippen molar-refractivity contribution in [2.24, 2.45) is 5.73 Å². The molecule has 1 aromatic heterocycles. The summed E-state index contributed by atoms with van der Waals surface area (Å²) in [6, 6.07) is 3.85. The SMILES string of the molecule is CC(C)(O)CN1CCN(Cc2ccnc(C(=N)N)c2)CC1. The fourth-order valence-corrected chi connectivity index (χ4v) is 2.63. The van der Waals surface area contributed by atoms with Crippen LogP contribution in [0.15, 0.2) is 18.3 Å². The first kappa shape index (κ1) is 15.9. The molecule has 4 N–H and O–H groups in total. The monoisotopic (exact) mass is 291 g/mol. The standard InChI is InChI=1S/C15H25N5O/c1-15(2,21)11-20-7-5-19(6-8-20)10-12-3-4-18-13(9-12)14(16)17/h3-4,9,21H,5-8,10-11H2,1-2H3,(H3,16,17). The van der Waals surface area contributed by atoms with Crippen molar-refractivity contribution >= 4 is 5.84 Å². The average Bonchev–Trinajstić information content (AvgIpc) is 2.40. The molecule has 0 radical (unpaired) electrons. The van der Waals surface area contributed by atoms with Crippen LogP contribution in [-0.2, 0) is 6.54 Å². The van der Waals surface area contributed by atoms with Gasteiger partial charge in [0.05, 0.1) is 5.60 Å². The first-order valence-electron chi connectivity index (χ1n) is 7.30. The van der Waals surface area contributed by atoms with Crippen LogP contribution in [0.3, 0.4) is 0 Å². The maximum atomic E-state index is 9.86. The largest absolute Gasteiger partial charge is 0.389 e. The minimum absolute atomic E-state index is 0.00634. The predicted molar refractivity (Wildman–Crippen MR) is 83.3 cm³/mol. The molecule has 0 aliphatic carbocycles. The number of nitrogens with two attached hydrogens (primary N) is 1. The molecule has 1 aliphatic rings. The van der Waals surface area contributed by atoms with Gasteiger partial charge in [0.2, 0.25) is 0 Å². The lowest BCUT2D eigenvalue weighted by Gasteiger charge is -2.37. The van der Waals surface area contributed by atoms with Gasteiger partial charge in [-0.25, -0.2) is 0 Å². The number of nitrogen functional groups attached to an aromatic ring is 1. The highest BCUT2D eigenvalue weighted by Crippen LogP contribution is 2.12. The van der Waals surface area contributed by atoms with Crippen molar-refractivity contribution in [2.75, 3.05) is 32.7 Å². The Bertz CT molecular complexity index is 489. The molecule has 0 atom stereocenters. The van der Waals surface area contributed by atoms with E-state index in [1.807, 2.05) is 26.0 Å². The molecule has 116 valence electrons. The quantitative estimate of drug-likeness (QED) is 0.535. The third kappa shape index (κ3) is 5.08. The Morgan fingerprint density at radius 3 is 2.52 bits per heavy atom. The highest BCUT2D eigenvalue weighted by atomic mass is 16.3. The molecule has 0 amide bonds. The van der Waals surface area contributed by atoms with Gasteiger partial charge in [0, 0.05) is 45.5 Å². The summed E-state index contributed by atoms with van der Waals surface area (Å²) in [6.07, 6.45) is 1.70. The zero-order valence-corrected chi connectivity index (χ0v) is 12.8. The number of pyridine rings is 1. The van der Waals surface area contributed by atoms with Gasteiger partial charge in [-0.2, -0.15) is 0 Å². The number of hydrogen-bond donors (Lipinski definition) is 3. The van der Waals surface area contributed by atoms with Crippen LogP contribution in [-0.4, -0.2) is 64.1 Å². The smallest absolute Gasteiger partial charge is 0.141 e. The Morgan fingerprint density at radius 2 is 1.95 bits per heavy atom. The topological polar surface area (TPSA) is 89.5 Å². The summed E-state index contributed by atoms with van der Waals surface area (Å²) >= 11 is 0. The first-order chi connectivity index (χ1) is 9.83. The summed E-state index contributed by atoms with van der Waals surface area (Å²) in [5, 5.41) is 17.3. The van der Waals surface area contributed by atoms with Crippen LogP contribution in [0.2, 0.25) is 0 Å². The van der Waals surface area contributed by atoms with Gasteiger partial charge in [-0.3, -0.25) is 20.2 Å². The fraction of sp³-hybridized carbons (Fsp3) is 0.600. The third-order valence-corrected chi connectivity index (χ3v) is 3.58. The van der Waals surface area contributed by atoms with Gasteiger partial charge >= 0.3 is 0 Å². The second-order valence-electron chi connectivity index (χ2n) is 6.33. The molecule has 6 heteroatoms. The van der Waals surface area contributed by atoms with Crippen molar-refractivity contribution in [2.45, 2.75) is 26.0 Å². The molecular formula is C15H25N5O. The van der Waals surface area contributed by atoms with Crippen molar-refractivity contribution in [1.29, 1.82) is 5.41 Å². The van der Waals surface area contributed by atoms with Crippen molar-refractivity contribution in [3.63, 3.8) is 0 Å². The molecule has 1 aliphatic heterocycles. The highest BCUT2D eigenvalue weighted by Gasteiger charge is 2.22. The number of hydrogen-bond acceptors (Lipinski definition) is 5. The lowest BCUT2D eigenvalue weighted by atomic mass is 10.1. The molecule has 1 aromatic rings. The van der Waals surface area contributed by atoms with Crippen molar-refractivity contribution < 1.29 is 5.11 Å². The van der Waals surface area contributed by atoms with Gasteiger partial charge in [0.25, 0.3) is 0 Å². The van der Waals surface area contributed by atoms with Crippen molar-refractivity contribution in [1.82, 2.24) is 14.8 Å². The Morgan fingerprint density at radius 1 is 1.33 bits per heavy atom. The lowest BCUT2D eigenvalue weighted by molar-refractivity contribution is 0.0167. The van der Waals surface area contributed by atoms with Gasteiger partial charge in [-0.15, -0.1) is 0 Å². The summed E-state index contributed by atoms with van der Waals surface area (Å²) in [4.78, 5) is 8.75. The van der Waals surface area contributed by atoms with Gasteiger partial charge in [0.1, 0.15) is 11.5 Å². The summed E-state index contributed by atoms with van der Waals surface area (Å²) in [7, 11) is 0. The minimum Gasteiger partial charge on any atom is -0.389 e. The van der Waals surface area contributed by atoms with Gasteiger partial charge < -0.3 is 10.8 Å². The van der Waals surface area contributed by atoms with E-state index in [1.54, 1.807) is 6.20 Å². The maximum Gasteiger partial charge on any atom is 0.141 e. The molecule has 0 aromatic carbocycles. The highest BCUT2D eigenvalue weighted by molar-refractivity contribution is 5.93. The van der Waals surface area contributed by atoms with Gasteiger partial charge in [-0.05, 0) is 31.5 Å². The average molecular weight is 291 g/mol. The van der Waals surface area contributed by atoms with E-state index in [-0.39, 0.29) is 5.84 Å². The van der Waals surface area contributed by atoms with E-state index in [1.165, 1.54) is 0 Å². The summed E-state index contributed by atoms with van der Waals surface area (Å²) in [6.45, 7) is 9.15. The predicted octanol–water partition coefficient (Wildman–Crippen LogP) is 0.254. The molecule has 0 saturated carbocycles. The van der Waals surface area contributed by atoms with E-state index in [0.29, 0.717) is 12.2 Å². The molecule has 0 unspecified atom stereocenters. The zero-order valence-electron chi connectivity index (χ0n) is 12.8. The molecule has 0 spiro atoms. The molecule has 6 nitrogen and oxygen atoms in total. The van der Waals surface area contributed by atoms with Crippen molar-refractivity contribution in [3.05, 3.63) is 29.6 Å². The van der Waals surface area contributed by atoms with Crippen LogP contribution in [0.4, 0.5) is 0 Å². The number of β-amino-alcohol motifs (C(OH)–C–C–N with tert-alkyl or cyclic N) is 1. The summed E-state index contributed by atoms with van der Waals surface area (Å²) < 4.78 is 0. The number of nitrogens with zero attached hydrogens (tertiary/aromatic N) is 3. The maximum absolute atomic E-state index is 9.86. The summed E-state index contributed by atoms with van der Waals surface area (Å²) in [5.74, 6) is 0.00634. The number of piperazine rings is 1. The van der Waals surface area contributed by atoms with Gasteiger partial charge in [-0.1, -0.05) is 0 Å². The third-order valence-electron chi connectivity index (χ3n) is 3.58. The molecular weight excluding hydrogens is 266 g/mol. The van der Waals surface area contributed by atoms with E-state index >= 15 is 0 Å². The number of rotatable bonds is 5. The number of aliphatic hydroxyl groups is 1. The van der Waals surface area contributed by atoms with E-state index in [2.05, 4.69) is 14.8 Å². The van der Waals surface area contributed by atoms with Crippen LogP contribution in [0.25, 0.3) is 0 Å². The number of amidine groups is 1. The Labute approximate surface area is 126 Å². The molecule has 1 saturated heterocycles. The minimum atomic E-state index is -0.635. The van der Waals surface area contributed by atoms with Crippen LogP contribution in [0.5, 0.6) is 0 Å². The molecule has 2 rings (SSSR count). The van der Waals surface area contributed by atoms with Crippen LogP contribution in [0.1, 0.15) is 25.1 Å². The van der Waals surface area contributed by atoms with E-state index in [4.69, 9.17) is 11.1 Å². The normalized spacial score (nSPS) is 17.9. The Kier molecular flexibility index (Phi) is 4.92. The molecule has 0 bridgehead atoms. The van der Waals surface area contributed by atoms with Crippen molar-refractivity contribution in [3.8, 4) is 0 Å². The second-order valence-corrected chi connectivity index (χ2v) is 6.33. The lowest BCUT2D eigenvalue weighted by Crippen LogP contribution is -2.50. The molecule has 2 heterocycles.